The summed E-state index contributed by atoms with van der Waals surface area (Å²) in [5.74, 6) is -10.2. The second kappa shape index (κ2) is 6.93. The lowest BCUT2D eigenvalue weighted by Crippen LogP contribution is -2.38. The Morgan fingerprint density at radius 1 is 0.844 bits per heavy atom. The van der Waals surface area contributed by atoms with Crippen LogP contribution in [0.1, 0.15) is 39.5 Å². The Hall–Kier alpha value is -2.64. The van der Waals surface area contributed by atoms with Crippen LogP contribution >= 0.6 is 0 Å². The Kier molecular flexibility index (Phi) is 5.20. The number of hydrogen-bond acceptors (Lipinski definition) is 2. The molecule has 1 unspecified atom stereocenters. The molecule has 2 nitrogen and oxygen atoms in total. The van der Waals surface area contributed by atoms with E-state index in [1.165, 1.54) is 0 Å². The molecule has 1 aliphatic rings. The number of alkyl halides is 11. The average Bonchev–Trinajstić information content (AvgIpc) is 2.56. The van der Waals surface area contributed by atoms with E-state index in [1.807, 2.05) is 0 Å². The molecule has 0 saturated heterocycles. The molecule has 1 aliphatic carbocycles. The zero-order valence-corrected chi connectivity index (χ0v) is 15.2. The zero-order chi connectivity index (χ0) is 24.6. The molecule has 14 heteroatoms. The third-order valence-corrected chi connectivity index (χ3v) is 4.68. The molecule has 0 amide bonds. The van der Waals surface area contributed by atoms with Gasteiger partial charge < -0.3 is 9.84 Å². The number of halogens is 12. The minimum Gasteiger partial charge on any atom is -0.456 e. The summed E-state index contributed by atoms with van der Waals surface area (Å²) >= 11 is 0. The van der Waals surface area contributed by atoms with Crippen LogP contribution < -0.4 is 4.74 Å². The van der Waals surface area contributed by atoms with Crippen molar-refractivity contribution in [2.45, 2.75) is 37.5 Å². The largest absolute Gasteiger partial charge is 0.456 e. The van der Waals surface area contributed by atoms with Gasteiger partial charge in [-0.15, -0.1) is 0 Å². The molecule has 32 heavy (non-hydrogen) atoms. The highest BCUT2D eigenvalue weighted by atomic mass is 19.4. The Labute approximate surface area is 170 Å². The van der Waals surface area contributed by atoms with Gasteiger partial charge in [-0.1, -0.05) is 0 Å². The van der Waals surface area contributed by atoms with Gasteiger partial charge >= 0.3 is 24.5 Å². The average molecular weight is 484 g/mol. The van der Waals surface area contributed by atoms with E-state index in [-0.39, 0.29) is 18.2 Å². The maximum absolute atomic E-state index is 14.3. The van der Waals surface area contributed by atoms with Crippen molar-refractivity contribution in [1.29, 1.82) is 0 Å². The van der Waals surface area contributed by atoms with E-state index in [4.69, 9.17) is 0 Å². The van der Waals surface area contributed by atoms with E-state index in [0.717, 1.165) is 0 Å². The molecule has 0 heterocycles. The van der Waals surface area contributed by atoms with Crippen molar-refractivity contribution in [2.75, 3.05) is 0 Å². The SMILES string of the molecule is Cc1cc(Oc2ccc(C(F)(F)F)c3c2C(F)(F)C3O)c(C(F)(F)F)c(F)c1C(F)(F)F. The van der Waals surface area contributed by atoms with Crippen molar-refractivity contribution in [3.8, 4) is 11.5 Å². The highest BCUT2D eigenvalue weighted by Gasteiger charge is 2.59. The number of hydrogen-bond donors (Lipinski definition) is 1. The van der Waals surface area contributed by atoms with Gasteiger partial charge in [-0.2, -0.15) is 48.3 Å². The van der Waals surface area contributed by atoms with Crippen LogP contribution in [0.5, 0.6) is 11.5 Å². The van der Waals surface area contributed by atoms with E-state index >= 15 is 0 Å². The van der Waals surface area contributed by atoms with Gasteiger partial charge in [-0.05, 0) is 30.7 Å². The molecule has 0 saturated carbocycles. The van der Waals surface area contributed by atoms with E-state index in [2.05, 4.69) is 4.74 Å². The fourth-order valence-electron chi connectivity index (χ4n) is 3.36. The fourth-order valence-corrected chi connectivity index (χ4v) is 3.36. The maximum atomic E-state index is 14.3. The number of benzene rings is 2. The number of aliphatic hydroxyl groups is 1. The second-order valence-electron chi connectivity index (χ2n) is 6.78. The lowest BCUT2D eigenvalue weighted by atomic mass is 9.77. The summed E-state index contributed by atoms with van der Waals surface area (Å²) in [5, 5.41) is 9.39. The van der Waals surface area contributed by atoms with Crippen molar-refractivity contribution in [1.82, 2.24) is 0 Å². The van der Waals surface area contributed by atoms with Crippen LogP contribution in [0.4, 0.5) is 52.7 Å². The smallest absolute Gasteiger partial charge is 0.422 e. The van der Waals surface area contributed by atoms with Gasteiger partial charge in [0.15, 0.2) is 5.82 Å². The minimum absolute atomic E-state index is 0.0754. The molecule has 2 aromatic carbocycles. The summed E-state index contributed by atoms with van der Waals surface area (Å²) in [6, 6.07) is 0.408. The first kappa shape index (κ1) is 24.0. The Bertz CT molecular complexity index is 1080. The molecule has 0 aliphatic heterocycles. The standard InChI is InChI=1S/C18H8F12O2/c1-5-4-8(12(18(28,29)30)13(19)10(5)17(25,26)27)32-7-3-2-6(16(22,23)24)9-11(7)15(20,21)14(9)31/h2-4,14,31H,1H3. The van der Waals surface area contributed by atoms with Crippen LogP contribution in [0, 0.1) is 12.7 Å². The molecular formula is C18H8F12O2. The van der Waals surface area contributed by atoms with Crippen LogP contribution in [-0.2, 0) is 24.5 Å². The monoisotopic (exact) mass is 484 g/mol. The summed E-state index contributed by atoms with van der Waals surface area (Å²) in [6.07, 6.45) is -19.5. The molecule has 1 atom stereocenters. The van der Waals surface area contributed by atoms with Gasteiger partial charge in [0.25, 0.3) is 0 Å². The first-order valence-electron chi connectivity index (χ1n) is 8.25. The summed E-state index contributed by atoms with van der Waals surface area (Å²) < 4.78 is 165. The van der Waals surface area contributed by atoms with Crippen molar-refractivity contribution < 1.29 is 62.5 Å². The van der Waals surface area contributed by atoms with Crippen molar-refractivity contribution in [3.05, 3.63) is 57.4 Å². The predicted octanol–water partition coefficient (Wildman–Crippen LogP) is 7.12. The summed E-state index contributed by atoms with van der Waals surface area (Å²) in [7, 11) is 0. The quantitative estimate of drug-likeness (QED) is 0.460. The number of ether oxygens (including phenoxy) is 1. The normalized spacial score (nSPS) is 18.2. The second-order valence-corrected chi connectivity index (χ2v) is 6.78. The third kappa shape index (κ3) is 3.63. The van der Waals surface area contributed by atoms with Gasteiger partial charge in [0.1, 0.15) is 23.2 Å². The topological polar surface area (TPSA) is 29.5 Å². The van der Waals surface area contributed by atoms with E-state index in [9.17, 15) is 57.8 Å². The van der Waals surface area contributed by atoms with Gasteiger partial charge in [-0.25, -0.2) is 4.39 Å². The van der Waals surface area contributed by atoms with E-state index < -0.39 is 81.3 Å². The molecule has 2 aromatic rings. The van der Waals surface area contributed by atoms with Crippen LogP contribution in [0.2, 0.25) is 0 Å². The summed E-state index contributed by atoms with van der Waals surface area (Å²) in [6.45, 7) is 0.572. The Balaban J connectivity index is 2.25. The molecule has 0 radical (unpaired) electrons. The number of rotatable bonds is 2. The molecule has 1 N–H and O–H groups in total. The van der Waals surface area contributed by atoms with Crippen LogP contribution in [0.3, 0.4) is 0 Å². The fraction of sp³-hybridized carbons (Fsp3) is 0.333. The van der Waals surface area contributed by atoms with Gasteiger partial charge in [0, 0.05) is 5.56 Å². The van der Waals surface area contributed by atoms with Crippen molar-refractivity contribution >= 4 is 0 Å². The van der Waals surface area contributed by atoms with Crippen LogP contribution in [-0.4, -0.2) is 5.11 Å². The number of aliphatic hydroxyl groups excluding tert-OH is 1. The van der Waals surface area contributed by atoms with E-state index in [0.29, 0.717) is 6.92 Å². The lowest BCUT2D eigenvalue weighted by molar-refractivity contribution is -0.165. The van der Waals surface area contributed by atoms with Crippen LogP contribution in [0.15, 0.2) is 18.2 Å². The molecule has 0 fully saturated rings. The van der Waals surface area contributed by atoms with Crippen molar-refractivity contribution in [3.63, 3.8) is 0 Å². The Morgan fingerprint density at radius 3 is 1.84 bits per heavy atom. The molecule has 3 rings (SSSR count). The lowest BCUT2D eigenvalue weighted by Gasteiger charge is -2.38. The van der Waals surface area contributed by atoms with Gasteiger partial charge in [0.2, 0.25) is 0 Å². The highest BCUT2D eigenvalue weighted by Crippen LogP contribution is 2.60. The van der Waals surface area contributed by atoms with E-state index in [1.54, 1.807) is 0 Å². The molecule has 0 spiro atoms. The molecule has 0 bridgehead atoms. The first-order valence-corrected chi connectivity index (χ1v) is 8.25. The number of aryl methyl sites for hydroxylation is 1. The zero-order valence-electron chi connectivity index (χ0n) is 15.2. The summed E-state index contributed by atoms with van der Waals surface area (Å²) in [5.41, 5.74) is -10.7. The maximum Gasteiger partial charge on any atom is 0.422 e. The number of fused-ring (bicyclic) bond motifs is 1. The highest BCUT2D eigenvalue weighted by molar-refractivity contribution is 5.59. The predicted molar refractivity (Wildman–Crippen MR) is 81.5 cm³/mol. The first-order chi connectivity index (χ1) is 14.3. The van der Waals surface area contributed by atoms with Gasteiger partial charge in [-0.3, -0.25) is 0 Å². The molecule has 0 aromatic heterocycles. The molecular weight excluding hydrogens is 476 g/mol. The van der Waals surface area contributed by atoms with Crippen molar-refractivity contribution in [2.24, 2.45) is 0 Å². The molecule has 176 valence electrons. The Morgan fingerprint density at radius 2 is 1.38 bits per heavy atom. The van der Waals surface area contributed by atoms with Crippen LogP contribution in [0.25, 0.3) is 0 Å². The van der Waals surface area contributed by atoms with Gasteiger partial charge in [0.05, 0.1) is 16.7 Å². The summed E-state index contributed by atoms with van der Waals surface area (Å²) in [4.78, 5) is 0. The third-order valence-electron chi connectivity index (χ3n) is 4.68. The minimum atomic E-state index is -5.80.